The van der Waals surface area contributed by atoms with Crippen molar-refractivity contribution < 1.29 is 63.1 Å². The molecule has 1 aliphatic heterocycles. The minimum Gasteiger partial charge on any atom is -0.481 e. The van der Waals surface area contributed by atoms with Gasteiger partial charge in [0.05, 0.1) is 53.7 Å². The van der Waals surface area contributed by atoms with Crippen LogP contribution in [0.4, 0.5) is 10.6 Å². The van der Waals surface area contributed by atoms with E-state index in [-0.39, 0.29) is 72.0 Å². The highest BCUT2D eigenvalue weighted by Gasteiger charge is 2.35. The number of aliphatic carboxylic acids is 1. The zero-order valence-corrected chi connectivity index (χ0v) is 56.3. The Balaban J connectivity index is 0.983. The Morgan fingerprint density at radius 3 is 2.19 bits per heavy atom. The normalized spacial score (nSPS) is 18.2. The molecular formula is C63H61N13O13S6. The summed E-state index contributed by atoms with van der Waals surface area (Å²) in [5.74, 6) is -5.98. The maximum absolute atomic E-state index is 14.5. The Morgan fingerprint density at radius 2 is 1.45 bits per heavy atom. The number of hydrogen-bond donors (Lipinski definition) is 7. The molecule has 1 aliphatic carbocycles. The zero-order valence-electron chi connectivity index (χ0n) is 51.4. The minimum atomic E-state index is -1.31. The number of aryl methyl sites for hydroxylation is 1. The second-order valence-electron chi connectivity index (χ2n) is 22.6. The van der Waals surface area contributed by atoms with Gasteiger partial charge in [-0.15, -0.1) is 68.0 Å². The van der Waals surface area contributed by atoms with Crippen LogP contribution in [0, 0.1) is 18.8 Å². The number of methoxy groups -OCH3 is 1. The predicted molar refractivity (Wildman–Crippen MR) is 356 cm³/mol. The Morgan fingerprint density at radius 1 is 0.737 bits per heavy atom. The fraction of sp³-hybridized carbons (Fsp3) is 0.333. The summed E-state index contributed by atoms with van der Waals surface area (Å²) in [6.45, 7) is 4.90. The van der Waals surface area contributed by atoms with Crippen LogP contribution in [0.2, 0.25) is 0 Å². The number of Topliss-reactive ketones (excluding diaryl/α,β-unsaturated/α-hetero) is 1. The van der Waals surface area contributed by atoms with Gasteiger partial charge in [-0.3, -0.25) is 33.7 Å². The number of amides is 5. The molecule has 1 fully saturated rings. The number of carbonyl (C=O) groups excluding carboxylic acids is 6. The first kappa shape index (κ1) is 67.4. The fourth-order valence-electron chi connectivity index (χ4n) is 10.7. The number of carboxylic acids is 2. The molecule has 1 saturated carbocycles. The van der Waals surface area contributed by atoms with Crippen LogP contribution < -0.4 is 26.2 Å². The minimum absolute atomic E-state index is 0.00883. The van der Waals surface area contributed by atoms with Gasteiger partial charge in [0.25, 0.3) is 11.8 Å². The van der Waals surface area contributed by atoms with Gasteiger partial charge in [0.15, 0.2) is 5.78 Å². The summed E-state index contributed by atoms with van der Waals surface area (Å²) < 4.78 is 11.5. The standard InChI is InChI=1S/C63H61N13O13S6/c1-29(2)36-20-43(77)48-30(3)94-59(74-48)38(21-46(78)64-4)68-53(81)41-26-90-55(70-41)35-15-16-37(57-72-45(28-93-57)76(23-31-17-18-65-39(19-31)62(85)86)63(87)89-34-13-11-33(12-14-34)61(83)84)67-49(35)40-25-91-58(69-40)42-27-92-60(71-42)51(52(80)32-9-7-6-8-10-32)73-47(79)22-66-54(82)50-44(24-88-5)95-56(36)75-50/h6-10,15-19,25-29,33-34,36,38,51-52,80H,11-14,20-24H2,1-5H3,(H,64,78)(H,66,82)(H,68,81)(H,73,79)(H,83,84)(H,85,86)/t33?,34?,36?,38-,51-,52-/m0/s1. The molecule has 1 aromatic carbocycles. The summed E-state index contributed by atoms with van der Waals surface area (Å²) in [6, 6.07) is 12.9. The highest BCUT2D eigenvalue weighted by molar-refractivity contribution is 7.15. The van der Waals surface area contributed by atoms with Crippen LogP contribution in [0.25, 0.3) is 43.4 Å². The Kier molecular flexibility index (Phi) is 21.1. The number of hydrogen-bond acceptors (Lipinski definition) is 25. The van der Waals surface area contributed by atoms with Crippen molar-refractivity contribution in [3.05, 3.63) is 141 Å². The molecule has 9 heterocycles. The lowest BCUT2D eigenvalue weighted by Gasteiger charge is -2.28. The van der Waals surface area contributed by atoms with Crippen LogP contribution >= 0.6 is 68.0 Å². The third-order valence-corrected chi connectivity index (χ3v) is 21.5. The largest absolute Gasteiger partial charge is 0.481 e. The summed E-state index contributed by atoms with van der Waals surface area (Å²) in [6.07, 6.45) is -0.398. The van der Waals surface area contributed by atoms with Gasteiger partial charge in [-0.1, -0.05) is 44.2 Å². The second-order valence-corrected chi connectivity index (χ2v) is 28.4. The Hall–Kier alpha value is -9.02. The van der Waals surface area contributed by atoms with Crippen LogP contribution in [0.3, 0.4) is 0 Å². The molecule has 32 heteroatoms. The molecule has 2 aliphatic rings. The molecule has 8 aromatic heterocycles. The van der Waals surface area contributed by atoms with E-state index in [1.54, 1.807) is 77.0 Å². The summed E-state index contributed by atoms with van der Waals surface area (Å²) in [5, 5.41) is 51.4. The van der Waals surface area contributed by atoms with Gasteiger partial charge >= 0.3 is 18.0 Å². The molecule has 1 unspecified atom stereocenters. The Labute approximate surface area is 566 Å². The van der Waals surface area contributed by atoms with Crippen molar-refractivity contribution in [2.75, 3.05) is 25.6 Å². The number of ketones is 1. The molecule has 10 bridgehead atoms. The SMILES string of the molecule is CNC(=O)C[C@@H]1NC(=O)c2csc(n2)-c2ccc(-c3nc(N(Cc4ccnc(C(=O)O)c4)C(=O)OC4CCC(C(=O)O)CC4)cs3)nc2-c2csc(n2)-c2csc(n2)[C@H]([C@@H](O)c2ccccc2)NC(=O)CNC(=O)c2nc(sc2COC)C(C(C)C)CC(=O)c2nc1sc2C. The van der Waals surface area contributed by atoms with E-state index in [2.05, 4.69) is 26.3 Å². The first-order valence-electron chi connectivity index (χ1n) is 29.8. The van der Waals surface area contributed by atoms with Gasteiger partial charge in [0.1, 0.15) is 89.0 Å². The maximum Gasteiger partial charge on any atom is 0.416 e. The van der Waals surface area contributed by atoms with Crippen LogP contribution in [0.5, 0.6) is 0 Å². The number of pyridine rings is 2. The number of carbonyl (C=O) groups is 8. The average molecular weight is 1400 g/mol. The van der Waals surface area contributed by atoms with E-state index in [1.807, 2.05) is 13.8 Å². The van der Waals surface area contributed by atoms with Crippen molar-refractivity contribution in [2.24, 2.45) is 11.8 Å². The lowest BCUT2D eigenvalue weighted by atomic mass is 9.87. The molecule has 0 saturated heterocycles. The topological polar surface area (TPSA) is 370 Å². The predicted octanol–water partition coefficient (Wildman–Crippen LogP) is 10.1. The molecule has 9 aromatic rings. The molecule has 26 nitrogen and oxygen atoms in total. The number of nitrogens with one attached hydrogen (secondary N) is 4. The monoisotopic (exact) mass is 1400 g/mol. The van der Waals surface area contributed by atoms with E-state index < -0.39 is 84.3 Å². The average Bonchev–Trinajstić information content (AvgIpc) is 1.69. The zero-order chi connectivity index (χ0) is 67.2. The van der Waals surface area contributed by atoms with E-state index in [0.717, 1.165) is 45.3 Å². The third-order valence-electron chi connectivity index (χ3n) is 15.8. The lowest BCUT2D eigenvalue weighted by molar-refractivity contribution is -0.143. The molecule has 492 valence electrons. The molecule has 11 rings (SSSR count). The van der Waals surface area contributed by atoms with Gasteiger partial charge in [-0.05, 0) is 73.9 Å². The third kappa shape index (κ3) is 15.6. The molecule has 4 atom stereocenters. The van der Waals surface area contributed by atoms with Crippen molar-refractivity contribution in [3.63, 3.8) is 0 Å². The molecule has 95 heavy (non-hydrogen) atoms. The summed E-state index contributed by atoms with van der Waals surface area (Å²) in [5.41, 5.74) is 2.57. The summed E-state index contributed by atoms with van der Waals surface area (Å²) in [7, 11) is 2.94. The first-order chi connectivity index (χ1) is 45.7. The van der Waals surface area contributed by atoms with E-state index in [4.69, 9.17) is 44.4 Å². The second kappa shape index (κ2) is 29.7. The number of thiazole rings is 6. The molecule has 5 amide bonds. The first-order valence-corrected chi connectivity index (χ1v) is 34.9. The number of aromatic nitrogens is 8. The quantitative estimate of drug-likeness (QED) is 0.0532. The van der Waals surface area contributed by atoms with Crippen LogP contribution in [0.1, 0.15) is 154 Å². The van der Waals surface area contributed by atoms with Gasteiger partial charge in [-0.25, -0.2) is 49.5 Å². The highest BCUT2D eigenvalue weighted by atomic mass is 32.1. The lowest BCUT2D eigenvalue weighted by Crippen LogP contribution is -2.40. The number of nitrogens with zero attached hydrogens (tertiary/aromatic N) is 9. The van der Waals surface area contributed by atoms with Crippen molar-refractivity contribution in [3.8, 4) is 43.4 Å². The molecule has 0 radical (unpaired) electrons. The molecule has 7 N–H and O–H groups in total. The van der Waals surface area contributed by atoms with Crippen molar-refractivity contribution in [2.45, 2.75) is 103 Å². The number of benzene rings is 1. The van der Waals surface area contributed by atoms with E-state index in [0.29, 0.717) is 99.3 Å². The van der Waals surface area contributed by atoms with E-state index >= 15 is 0 Å². The number of rotatable bonds is 14. The van der Waals surface area contributed by atoms with Crippen LogP contribution in [-0.2, 0) is 37.0 Å². The number of carboxylic acid groups (broad SMARTS) is 2. The molecular weight excluding hydrogens is 1340 g/mol. The van der Waals surface area contributed by atoms with E-state index in [1.165, 1.54) is 54.0 Å². The van der Waals surface area contributed by atoms with Gasteiger partial charge < -0.3 is 46.1 Å². The Bertz CT molecular complexity index is 4360. The van der Waals surface area contributed by atoms with Crippen LogP contribution in [0.15, 0.2) is 82.3 Å². The van der Waals surface area contributed by atoms with E-state index in [9.17, 15) is 53.7 Å². The number of fused-ring (bicyclic) bond motifs is 14. The highest BCUT2D eigenvalue weighted by Crippen LogP contribution is 2.41. The number of anilines is 1. The summed E-state index contributed by atoms with van der Waals surface area (Å²) >= 11 is 7.05. The van der Waals surface area contributed by atoms with Gasteiger partial charge in [-0.2, -0.15) is 0 Å². The van der Waals surface area contributed by atoms with Gasteiger partial charge in [0, 0.05) is 64.7 Å². The number of aliphatic hydroxyl groups is 1. The number of aromatic carboxylic acids is 1. The van der Waals surface area contributed by atoms with Crippen LogP contribution in [-0.4, -0.2) is 129 Å². The fourth-order valence-corrected chi connectivity index (χ4v) is 16.3. The van der Waals surface area contributed by atoms with Crippen molar-refractivity contribution in [1.29, 1.82) is 0 Å². The summed E-state index contributed by atoms with van der Waals surface area (Å²) in [4.78, 5) is 149. The van der Waals surface area contributed by atoms with Crippen molar-refractivity contribution in [1.82, 2.24) is 61.1 Å². The van der Waals surface area contributed by atoms with Gasteiger partial charge in [0.2, 0.25) is 11.8 Å². The maximum atomic E-state index is 14.5. The molecule has 0 spiro atoms. The van der Waals surface area contributed by atoms with Crippen molar-refractivity contribution >= 4 is 121 Å². The number of aliphatic hydroxyl groups excluding tert-OH is 1. The smallest absolute Gasteiger partial charge is 0.416 e. The number of ether oxygens (including phenoxy) is 2.